The van der Waals surface area contributed by atoms with Gasteiger partial charge in [-0.15, -0.1) is 0 Å². The maximum Gasteiger partial charge on any atom is 0.0440 e. The van der Waals surface area contributed by atoms with Gasteiger partial charge in [-0.25, -0.2) is 0 Å². The van der Waals surface area contributed by atoms with Crippen LogP contribution in [0.4, 0.5) is 0 Å². The molecule has 0 nitrogen and oxygen atoms in total. The van der Waals surface area contributed by atoms with Crippen LogP contribution >= 0.6 is 24.2 Å². The number of benzene rings is 1. The first kappa shape index (κ1) is 8.95. The molecule has 0 aromatic heterocycles. The zero-order valence-electron chi connectivity index (χ0n) is 6.43. The van der Waals surface area contributed by atoms with Crippen molar-refractivity contribution >= 4 is 24.2 Å². The predicted molar refractivity (Wildman–Crippen MR) is 52.4 cm³/mol. The summed E-state index contributed by atoms with van der Waals surface area (Å²) in [7, 11) is 0. The quantitative estimate of drug-likeness (QED) is 0.663. The van der Waals surface area contributed by atoms with Gasteiger partial charge in [-0.2, -0.15) is 0 Å². The highest BCUT2D eigenvalue weighted by molar-refractivity contribution is 7.80. The molecule has 0 fully saturated rings. The minimum atomic E-state index is 0.739. The van der Waals surface area contributed by atoms with Crippen LogP contribution in [0.3, 0.4) is 0 Å². The summed E-state index contributed by atoms with van der Waals surface area (Å²) in [6.07, 6.45) is 0.897. The Kier molecular flexibility index (Phi) is 3.28. The number of rotatable bonds is 2. The average molecular weight is 186 g/mol. The molecule has 0 bridgehead atoms. The molecule has 11 heavy (non-hydrogen) atoms. The fourth-order valence-corrected chi connectivity index (χ4v) is 1.51. The van der Waals surface area contributed by atoms with Crippen molar-refractivity contribution in [1.29, 1.82) is 0 Å². The second-order valence-corrected chi connectivity index (χ2v) is 3.36. The monoisotopic (exact) mass is 185 g/mol. The third-order valence-electron chi connectivity index (χ3n) is 1.58. The molecule has 0 spiro atoms. The van der Waals surface area contributed by atoms with Gasteiger partial charge in [0.1, 0.15) is 0 Å². The average Bonchev–Trinajstić information content (AvgIpc) is 1.95. The standard InChI is InChI=1S/C9H10ClS/c1-7-2-3-8(4-5-11)9(10)6-7/h2-3,6H,4-5H2,1H3. The highest BCUT2D eigenvalue weighted by Gasteiger charge is 1.97. The van der Waals surface area contributed by atoms with E-state index in [9.17, 15) is 0 Å². The number of hydrogen-bond acceptors (Lipinski definition) is 0. The van der Waals surface area contributed by atoms with E-state index in [0.29, 0.717) is 0 Å². The lowest BCUT2D eigenvalue weighted by Crippen LogP contribution is -1.87. The van der Waals surface area contributed by atoms with Crippen molar-refractivity contribution in [2.24, 2.45) is 0 Å². The van der Waals surface area contributed by atoms with Crippen molar-refractivity contribution in [2.75, 3.05) is 5.75 Å². The summed E-state index contributed by atoms with van der Waals surface area (Å²) >= 11 is 10.8. The van der Waals surface area contributed by atoms with Crippen LogP contribution in [-0.2, 0) is 6.42 Å². The lowest BCUT2D eigenvalue weighted by atomic mass is 10.1. The molecule has 59 valence electrons. The van der Waals surface area contributed by atoms with E-state index in [1.165, 1.54) is 5.56 Å². The van der Waals surface area contributed by atoms with Crippen LogP contribution in [-0.4, -0.2) is 5.75 Å². The maximum absolute atomic E-state index is 5.96. The minimum absolute atomic E-state index is 0.739. The van der Waals surface area contributed by atoms with Crippen LogP contribution in [0.1, 0.15) is 11.1 Å². The van der Waals surface area contributed by atoms with Gasteiger partial charge in [-0.05, 0) is 30.5 Å². The van der Waals surface area contributed by atoms with Crippen LogP contribution in [0.25, 0.3) is 0 Å². The number of aryl methyl sites for hydroxylation is 2. The molecule has 0 aliphatic heterocycles. The molecular formula is C9H10ClS. The number of halogens is 1. The molecule has 0 atom stereocenters. The molecule has 2 heteroatoms. The highest BCUT2D eigenvalue weighted by atomic mass is 35.5. The molecule has 1 aromatic rings. The van der Waals surface area contributed by atoms with Gasteiger partial charge in [0, 0.05) is 10.8 Å². The Bertz CT molecular complexity index is 245. The van der Waals surface area contributed by atoms with E-state index in [0.717, 1.165) is 22.8 Å². The van der Waals surface area contributed by atoms with Gasteiger partial charge < -0.3 is 0 Å². The second kappa shape index (κ2) is 4.03. The van der Waals surface area contributed by atoms with Gasteiger partial charge >= 0.3 is 0 Å². The van der Waals surface area contributed by atoms with E-state index in [1.807, 2.05) is 19.1 Å². The van der Waals surface area contributed by atoms with Gasteiger partial charge in [0.15, 0.2) is 0 Å². The third-order valence-corrected chi connectivity index (χ3v) is 2.14. The predicted octanol–water partition coefficient (Wildman–Crippen LogP) is 3.39. The summed E-state index contributed by atoms with van der Waals surface area (Å²) in [4.78, 5) is 0. The van der Waals surface area contributed by atoms with Crippen molar-refractivity contribution in [3.63, 3.8) is 0 Å². The van der Waals surface area contributed by atoms with E-state index in [-0.39, 0.29) is 0 Å². The van der Waals surface area contributed by atoms with E-state index >= 15 is 0 Å². The molecule has 1 rings (SSSR count). The third kappa shape index (κ3) is 2.42. The molecular weight excluding hydrogens is 176 g/mol. The van der Waals surface area contributed by atoms with Gasteiger partial charge in [-0.3, -0.25) is 0 Å². The first-order chi connectivity index (χ1) is 5.24. The molecule has 1 aromatic carbocycles. The summed E-state index contributed by atoms with van der Waals surface area (Å²) in [5.41, 5.74) is 2.36. The van der Waals surface area contributed by atoms with Crippen LogP contribution in [0.15, 0.2) is 18.2 Å². The van der Waals surface area contributed by atoms with E-state index in [2.05, 4.69) is 6.07 Å². The Morgan fingerprint density at radius 2 is 2.18 bits per heavy atom. The second-order valence-electron chi connectivity index (χ2n) is 2.55. The fraction of sp³-hybridized carbons (Fsp3) is 0.333. The molecule has 0 N–H and O–H groups in total. The molecule has 0 unspecified atom stereocenters. The van der Waals surface area contributed by atoms with Crippen molar-refractivity contribution in [3.8, 4) is 0 Å². The largest absolute Gasteiger partial charge is 0.0938 e. The van der Waals surface area contributed by atoms with Crippen LogP contribution in [0, 0.1) is 6.92 Å². The van der Waals surface area contributed by atoms with Gasteiger partial charge in [0.2, 0.25) is 0 Å². The molecule has 0 saturated carbocycles. The zero-order valence-corrected chi connectivity index (χ0v) is 8.00. The van der Waals surface area contributed by atoms with Crippen LogP contribution in [0.5, 0.6) is 0 Å². The Morgan fingerprint density at radius 3 is 2.73 bits per heavy atom. The topological polar surface area (TPSA) is 0 Å². The summed E-state index contributed by atoms with van der Waals surface area (Å²) < 4.78 is 0. The van der Waals surface area contributed by atoms with Gasteiger partial charge in [0.05, 0.1) is 0 Å². The Balaban J connectivity index is 2.90. The van der Waals surface area contributed by atoms with Crippen molar-refractivity contribution in [2.45, 2.75) is 13.3 Å². The van der Waals surface area contributed by atoms with Crippen LogP contribution < -0.4 is 0 Å². The first-order valence-electron chi connectivity index (χ1n) is 3.57. The molecule has 0 amide bonds. The molecule has 0 heterocycles. The zero-order chi connectivity index (χ0) is 8.27. The van der Waals surface area contributed by atoms with Gasteiger partial charge in [0.25, 0.3) is 0 Å². The lowest BCUT2D eigenvalue weighted by Gasteiger charge is -2.01. The first-order valence-corrected chi connectivity index (χ1v) is 4.52. The van der Waals surface area contributed by atoms with E-state index in [1.54, 1.807) is 0 Å². The Hall–Kier alpha value is -0.140. The summed E-state index contributed by atoms with van der Waals surface area (Å²) in [6.45, 7) is 2.03. The fourth-order valence-electron chi connectivity index (χ4n) is 0.965. The minimum Gasteiger partial charge on any atom is -0.0938 e. The number of hydrogen-bond donors (Lipinski definition) is 0. The molecule has 0 aliphatic rings. The van der Waals surface area contributed by atoms with Crippen molar-refractivity contribution in [3.05, 3.63) is 34.3 Å². The summed E-state index contributed by atoms with van der Waals surface area (Å²) in [5, 5.41) is 0.842. The SMILES string of the molecule is Cc1ccc(CC[S])c(Cl)c1. The maximum atomic E-state index is 5.96. The molecule has 1 radical (unpaired) electrons. The summed E-state index contributed by atoms with van der Waals surface area (Å²) in [5.74, 6) is 0.739. The molecule has 0 saturated heterocycles. The van der Waals surface area contributed by atoms with Crippen molar-refractivity contribution < 1.29 is 0 Å². The van der Waals surface area contributed by atoms with E-state index < -0.39 is 0 Å². The smallest absolute Gasteiger partial charge is 0.0440 e. The lowest BCUT2D eigenvalue weighted by molar-refractivity contribution is 1.16. The molecule has 0 aliphatic carbocycles. The van der Waals surface area contributed by atoms with E-state index in [4.69, 9.17) is 24.2 Å². The van der Waals surface area contributed by atoms with Gasteiger partial charge in [-0.1, -0.05) is 36.4 Å². The Labute approximate surface area is 78.0 Å². The Morgan fingerprint density at radius 1 is 1.45 bits per heavy atom. The normalized spacial score (nSPS) is 10.1. The summed E-state index contributed by atoms with van der Waals surface area (Å²) in [6, 6.07) is 6.08. The highest BCUT2D eigenvalue weighted by Crippen LogP contribution is 2.17. The van der Waals surface area contributed by atoms with Crippen LogP contribution in [0.2, 0.25) is 5.02 Å². The van der Waals surface area contributed by atoms with Crippen molar-refractivity contribution in [1.82, 2.24) is 0 Å².